The fourth-order valence-corrected chi connectivity index (χ4v) is 3.09. The fraction of sp³-hybridized carbons (Fsp3) is 0.316. The smallest absolute Gasteiger partial charge is 0.335 e. The van der Waals surface area contributed by atoms with E-state index in [1.165, 1.54) is 5.69 Å². The van der Waals surface area contributed by atoms with Crippen LogP contribution in [0, 0.1) is 0 Å². The predicted molar refractivity (Wildman–Crippen MR) is 93.2 cm³/mol. The Labute approximate surface area is 136 Å². The Morgan fingerprint density at radius 2 is 2.04 bits per heavy atom. The molecule has 3 rings (SSSR count). The zero-order chi connectivity index (χ0) is 16.4. The molecule has 1 atom stereocenters. The van der Waals surface area contributed by atoms with Crippen molar-refractivity contribution < 1.29 is 9.90 Å². The van der Waals surface area contributed by atoms with Gasteiger partial charge in [-0.2, -0.15) is 0 Å². The summed E-state index contributed by atoms with van der Waals surface area (Å²) in [6, 6.07) is 15.5. The maximum atomic E-state index is 11.2. The first-order chi connectivity index (χ1) is 11.0. The molecule has 2 aromatic rings. The molecule has 0 saturated heterocycles. The number of benzene rings is 2. The van der Waals surface area contributed by atoms with E-state index in [9.17, 15) is 9.90 Å². The molecule has 1 heterocycles. The van der Waals surface area contributed by atoms with Gasteiger partial charge in [0.05, 0.1) is 22.5 Å². The van der Waals surface area contributed by atoms with Gasteiger partial charge in [0, 0.05) is 13.1 Å². The number of carboxylic acid groups (broad SMARTS) is 1. The summed E-state index contributed by atoms with van der Waals surface area (Å²) in [5.74, 6) is -0.883. The highest BCUT2D eigenvalue weighted by molar-refractivity contribution is 5.87. The van der Waals surface area contributed by atoms with Crippen LogP contribution in [0.2, 0.25) is 0 Å². The van der Waals surface area contributed by atoms with Gasteiger partial charge in [-0.05, 0) is 43.2 Å². The van der Waals surface area contributed by atoms with E-state index in [4.69, 9.17) is 0 Å². The topological polar surface area (TPSA) is 52.6 Å². The van der Waals surface area contributed by atoms with Gasteiger partial charge in [-0.15, -0.1) is 0 Å². The molecule has 0 spiro atoms. The van der Waals surface area contributed by atoms with Gasteiger partial charge in [0.25, 0.3) is 0 Å². The van der Waals surface area contributed by atoms with Crippen LogP contribution in [0.25, 0.3) is 0 Å². The minimum Gasteiger partial charge on any atom is -0.478 e. The lowest BCUT2D eigenvalue weighted by Gasteiger charge is -2.43. The monoisotopic (exact) mass is 310 g/mol. The molecule has 0 bridgehead atoms. The van der Waals surface area contributed by atoms with Crippen LogP contribution in [0.1, 0.15) is 36.2 Å². The van der Waals surface area contributed by atoms with E-state index in [-0.39, 0.29) is 5.54 Å². The van der Waals surface area contributed by atoms with Crippen LogP contribution in [0.3, 0.4) is 0 Å². The van der Waals surface area contributed by atoms with E-state index >= 15 is 0 Å². The van der Waals surface area contributed by atoms with Crippen LogP contribution in [0.4, 0.5) is 11.4 Å². The maximum Gasteiger partial charge on any atom is 0.335 e. The SMILES string of the molecule is CCC1(C)CN(Cc2cccc(C(=O)O)c2)c2ccccc2N1. The lowest BCUT2D eigenvalue weighted by atomic mass is 9.93. The van der Waals surface area contributed by atoms with Crippen LogP contribution < -0.4 is 10.2 Å². The summed E-state index contributed by atoms with van der Waals surface area (Å²) in [6.45, 7) is 6.00. The molecular formula is C19H22N2O2. The Hall–Kier alpha value is -2.49. The molecule has 1 unspecified atom stereocenters. The summed E-state index contributed by atoms with van der Waals surface area (Å²) < 4.78 is 0. The van der Waals surface area contributed by atoms with Gasteiger partial charge in [-0.3, -0.25) is 0 Å². The Morgan fingerprint density at radius 3 is 2.78 bits per heavy atom. The second-order valence-corrected chi connectivity index (χ2v) is 6.42. The van der Waals surface area contributed by atoms with Crippen molar-refractivity contribution in [2.24, 2.45) is 0 Å². The van der Waals surface area contributed by atoms with Crippen LogP contribution in [-0.2, 0) is 6.54 Å². The third-order valence-corrected chi connectivity index (χ3v) is 4.55. The normalized spacial score (nSPS) is 19.8. The average Bonchev–Trinajstić information content (AvgIpc) is 2.55. The summed E-state index contributed by atoms with van der Waals surface area (Å²) in [6.07, 6.45) is 1.02. The number of aromatic carboxylic acids is 1. The van der Waals surface area contributed by atoms with E-state index in [1.54, 1.807) is 12.1 Å². The summed E-state index contributed by atoms with van der Waals surface area (Å²) in [4.78, 5) is 13.5. The molecule has 120 valence electrons. The number of carbonyl (C=O) groups is 1. The molecule has 2 N–H and O–H groups in total. The molecule has 23 heavy (non-hydrogen) atoms. The predicted octanol–water partition coefficient (Wildman–Crippen LogP) is 3.99. The Bertz CT molecular complexity index is 729. The maximum absolute atomic E-state index is 11.2. The molecule has 1 aliphatic heterocycles. The lowest BCUT2D eigenvalue weighted by molar-refractivity contribution is 0.0696. The summed E-state index contributed by atoms with van der Waals surface area (Å²) in [7, 11) is 0. The summed E-state index contributed by atoms with van der Waals surface area (Å²) in [5.41, 5.74) is 3.67. The van der Waals surface area contributed by atoms with Crippen molar-refractivity contribution in [2.45, 2.75) is 32.4 Å². The fourth-order valence-electron chi connectivity index (χ4n) is 3.09. The van der Waals surface area contributed by atoms with Crippen LogP contribution >= 0.6 is 0 Å². The third-order valence-electron chi connectivity index (χ3n) is 4.55. The highest BCUT2D eigenvalue weighted by Gasteiger charge is 2.31. The zero-order valence-electron chi connectivity index (χ0n) is 13.5. The van der Waals surface area contributed by atoms with Crippen LogP contribution in [0.5, 0.6) is 0 Å². The van der Waals surface area contributed by atoms with Gasteiger partial charge in [0.15, 0.2) is 0 Å². The number of hydrogen-bond acceptors (Lipinski definition) is 3. The van der Waals surface area contributed by atoms with Crippen molar-refractivity contribution in [3.8, 4) is 0 Å². The zero-order valence-corrected chi connectivity index (χ0v) is 13.5. The Balaban J connectivity index is 1.92. The van der Waals surface area contributed by atoms with E-state index in [2.05, 4.69) is 36.2 Å². The molecule has 0 aliphatic carbocycles. The number of para-hydroxylation sites is 2. The molecule has 2 aromatic carbocycles. The highest BCUT2D eigenvalue weighted by atomic mass is 16.4. The number of anilines is 2. The molecule has 0 aromatic heterocycles. The third kappa shape index (κ3) is 3.16. The van der Waals surface area contributed by atoms with Gasteiger partial charge < -0.3 is 15.3 Å². The second-order valence-electron chi connectivity index (χ2n) is 6.42. The number of rotatable bonds is 4. The van der Waals surface area contributed by atoms with Crippen molar-refractivity contribution in [3.05, 3.63) is 59.7 Å². The standard InChI is InChI=1S/C19H22N2O2/c1-3-19(2)13-21(17-10-5-4-9-16(17)20-19)12-14-7-6-8-15(11-14)18(22)23/h4-11,20H,3,12-13H2,1-2H3,(H,22,23). The second kappa shape index (κ2) is 5.95. The highest BCUT2D eigenvalue weighted by Crippen LogP contribution is 2.36. The minimum absolute atomic E-state index is 0.0127. The van der Waals surface area contributed by atoms with Gasteiger partial charge in [0.2, 0.25) is 0 Å². The number of fused-ring (bicyclic) bond motifs is 1. The van der Waals surface area contributed by atoms with Crippen molar-refractivity contribution >= 4 is 17.3 Å². The van der Waals surface area contributed by atoms with Crippen molar-refractivity contribution in [1.29, 1.82) is 0 Å². The van der Waals surface area contributed by atoms with Gasteiger partial charge >= 0.3 is 5.97 Å². The molecule has 0 saturated carbocycles. The first-order valence-electron chi connectivity index (χ1n) is 7.95. The van der Waals surface area contributed by atoms with E-state index < -0.39 is 5.97 Å². The Kier molecular flexibility index (Phi) is 3.99. The molecule has 1 aliphatic rings. The molecule has 0 amide bonds. The molecule has 4 heteroatoms. The number of hydrogen-bond donors (Lipinski definition) is 2. The quantitative estimate of drug-likeness (QED) is 0.896. The van der Waals surface area contributed by atoms with Crippen molar-refractivity contribution in [2.75, 3.05) is 16.8 Å². The van der Waals surface area contributed by atoms with Crippen molar-refractivity contribution in [3.63, 3.8) is 0 Å². The number of carboxylic acids is 1. The van der Waals surface area contributed by atoms with E-state index in [0.29, 0.717) is 12.1 Å². The van der Waals surface area contributed by atoms with Crippen LogP contribution in [-0.4, -0.2) is 23.2 Å². The average molecular weight is 310 g/mol. The van der Waals surface area contributed by atoms with Gasteiger partial charge in [-0.1, -0.05) is 31.2 Å². The first-order valence-corrected chi connectivity index (χ1v) is 7.95. The summed E-state index contributed by atoms with van der Waals surface area (Å²) in [5, 5.41) is 12.8. The van der Waals surface area contributed by atoms with Gasteiger partial charge in [-0.25, -0.2) is 4.79 Å². The van der Waals surface area contributed by atoms with Crippen molar-refractivity contribution in [1.82, 2.24) is 0 Å². The molecular weight excluding hydrogens is 288 g/mol. The molecule has 4 nitrogen and oxygen atoms in total. The minimum atomic E-state index is -0.883. The van der Waals surface area contributed by atoms with Crippen LogP contribution in [0.15, 0.2) is 48.5 Å². The largest absolute Gasteiger partial charge is 0.478 e. The number of nitrogens with zero attached hydrogens (tertiary/aromatic N) is 1. The van der Waals surface area contributed by atoms with E-state index in [0.717, 1.165) is 24.2 Å². The number of nitrogens with one attached hydrogen (secondary N) is 1. The first kappa shape index (κ1) is 15.4. The Morgan fingerprint density at radius 1 is 1.26 bits per heavy atom. The molecule has 0 radical (unpaired) electrons. The lowest BCUT2D eigenvalue weighted by Crippen LogP contribution is -2.49. The summed E-state index contributed by atoms with van der Waals surface area (Å²) >= 11 is 0. The van der Waals surface area contributed by atoms with E-state index in [1.807, 2.05) is 24.3 Å². The van der Waals surface area contributed by atoms with Gasteiger partial charge in [0.1, 0.15) is 0 Å². The molecule has 0 fully saturated rings.